The van der Waals surface area contributed by atoms with E-state index in [1.807, 2.05) is 67.6 Å². The average molecular weight is 413 g/mol. The molecule has 2 N–H and O–H groups in total. The number of fused-ring (bicyclic) bond motifs is 1. The van der Waals surface area contributed by atoms with Crippen LogP contribution >= 0.6 is 0 Å². The molecular weight excluding hydrogens is 390 g/mol. The monoisotopic (exact) mass is 413 g/mol. The van der Waals surface area contributed by atoms with Crippen molar-refractivity contribution in [3.05, 3.63) is 89.2 Å². The Morgan fingerprint density at radius 3 is 2.48 bits per heavy atom. The van der Waals surface area contributed by atoms with Crippen LogP contribution in [0.3, 0.4) is 0 Å². The second kappa shape index (κ2) is 9.21. The van der Waals surface area contributed by atoms with Crippen molar-refractivity contribution in [2.24, 2.45) is 0 Å². The summed E-state index contributed by atoms with van der Waals surface area (Å²) in [4.78, 5) is 25.4. The maximum atomic E-state index is 12.7. The smallest absolute Gasteiger partial charge is 0.319 e. The molecule has 4 rings (SSSR count). The third-order valence-corrected chi connectivity index (χ3v) is 5.11. The quantitative estimate of drug-likeness (QED) is 0.499. The van der Waals surface area contributed by atoms with Gasteiger partial charge in [-0.25, -0.2) is 9.48 Å². The number of nitrogens with one attached hydrogen (secondary N) is 2. The summed E-state index contributed by atoms with van der Waals surface area (Å²) in [6.07, 6.45) is 0.634. The molecule has 0 saturated heterocycles. The van der Waals surface area contributed by atoms with Crippen LogP contribution in [-0.4, -0.2) is 27.1 Å². The Morgan fingerprint density at radius 1 is 0.968 bits per heavy atom. The first-order valence-corrected chi connectivity index (χ1v) is 10.2. The summed E-state index contributed by atoms with van der Waals surface area (Å²) in [6.45, 7) is 2.18. The minimum atomic E-state index is -0.336. The summed E-state index contributed by atoms with van der Waals surface area (Å²) in [6, 6.07) is 24.0. The number of carbonyl (C=O) groups excluding carboxylic acids is 1. The van der Waals surface area contributed by atoms with Crippen LogP contribution in [0, 0.1) is 0 Å². The lowest BCUT2D eigenvalue weighted by Gasteiger charge is -2.19. The van der Waals surface area contributed by atoms with Crippen LogP contribution in [0.1, 0.15) is 13.3 Å². The highest BCUT2D eigenvalue weighted by Crippen LogP contribution is 2.27. The van der Waals surface area contributed by atoms with E-state index >= 15 is 0 Å². The summed E-state index contributed by atoms with van der Waals surface area (Å²) in [5, 5.41) is 14.5. The molecule has 0 spiro atoms. The van der Waals surface area contributed by atoms with Gasteiger partial charge in [0.15, 0.2) is 0 Å². The molecule has 7 heteroatoms. The number of carbonyl (C=O) groups is 1. The van der Waals surface area contributed by atoms with Crippen LogP contribution in [0.25, 0.3) is 22.0 Å². The largest absolute Gasteiger partial charge is 0.333 e. The van der Waals surface area contributed by atoms with Gasteiger partial charge in [0.2, 0.25) is 0 Å². The van der Waals surface area contributed by atoms with E-state index in [0.29, 0.717) is 23.0 Å². The average Bonchev–Trinajstić information content (AvgIpc) is 2.81. The number of aromatic nitrogens is 3. The van der Waals surface area contributed by atoms with E-state index in [1.54, 1.807) is 18.2 Å². The van der Waals surface area contributed by atoms with Crippen molar-refractivity contribution in [1.82, 2.24) is 20.3 Å². The Bertz CT molecular complexity index is 1250. The molecule has 0 fully saturated rings. The van der Waals surface area contributed by atoms with Gasteiger partial charge in [-0.2, -0.15) is 0 Å². The van der Waals surface area contributed by atoms with Gasteiger partial charge in [-0.1, -0.05) is 72.8 Å². The van der Waals surface area contributed by atoms with Crippen molar-refractivity contribution in [2.75, 3.05) is 5.32 Å². The number of anilines is 1. The van der Waals surface area contributed by atoms with Crippen LogP contribution in [0.5, 0.6) is 0 Å². The predicted octanol–water partition coefficient (Wildman–Crippen LogP) is 4.06. The first-order chi connectivity index (χ1) is 15.2. The van der Waals surface area contributed by atoms with Gasteiger partial charge in [-0.3, -0.25) is 4.79 Å². The number of hydrogen-bond acceptors (Lipinski definition) is 4. The standard InChI is InChI=1S/C24H23N5O2/c1-2-18(16-29-23(30)20-13-7-9-15-22(20)27-28-29)25-24(31)26-21-14-8-6-12-19(21)17-10-4-3-5-11-17/h3-15,18H,2,16H2,1H3,(H2,25,26,31)/t18-/m0/s1. The highest BCUT2D eigenvalue weighted by Gasteiger charge is 2.15. The molecule has 3 aromatic carbocycles. The number of hydrogen-bond donors (Lipinski definition) is 2. The summed E-state index contributed by atoms with van der Waals surface area (Å²) in [7, 11) is 0. The fourth-order valence-electron chi connectivity index (χ4n) is 3.43. The highest BCUT2D eigenvalue weighted by atomic mass is 16.2. The number of rotatable bonds is 6. The van der Waals surface area contributed by atoms with E-state index in [2.05, 4.69) is 20.9 Å². The molecule has 1 atom stereocenters. The first kappa shape index (κ1) is 20.3. The molecule has 0 aliphatic heterocycles. The number of amides is 2. The number of nitrogens with zero attached hydrogens (tertiary/aromatic N) is 3. The SMILES string of the molecule is CC[C@@H](Cn1nnc2ccccc2c1=O)NC(=O)Nc1ccccc1-c1ccccc1. The normalized spacial score (nSPS) is 11.8. The van der Waals surface area contributed by atoms with Gasteiger partial charge in [-0.15, -0.1) is 5.10 Å². The molecule has 0 aliphatic carbocycles. The van der Waals surface area contributed by atoms with E-state index in [9.17, 15) is 9.59 Å². The molecule has 0 unspecified atom stereocenters. The molecule has 0 saturated carbocycles. The molecule has 0 bridgehead atoms. The lowest BCUT2D eigenvalue weighted by atomic mass is 10.0. The fourth-order valence-corrected chi connectivity index (χ4v) is 3.43. The summed E-state index contributed by atoms with van der Waals surface area (Å²) < 4.78 is 1.30. The molecule has 0 aliphatic rings. The van der Waals surface area contributed by atoms with E-state index in [1.165, 1.54) is 4.68 Å². The van der Waals surface area contributed by atoms with E-state index < -0.39 is 0 Å². The van der Waals surface area contributed by atoms with Crippen molar-refractivity contribution in [1.29, 1.82) is 0 Å². The van der Waals surface area contributed by atoms with Gasteiger partial charge >= 0.3 is 6.03 Å². The zero-order chi connectivity index (χ0) is 21.6. The number of para-hydroxylation sites is 1. The van der Waals surface area contributed by atoms with Crippen molar-refractivity contribution >= 4 is 22.6 Å². The molecule has 4 aromatic rings. The molecule has 1 aromatic heterocycles. The summed E-state index contributed by atoms with van der Waals surface area (Å²) in [5.41, 5.74) is 3.00. The Kier molecular flexibility index (Phi) is 6.03. The second-order valence-corrected chi connectivity index (χ2v) is 7.21. The maximum absolute atomic E-state index is 12.7. The van der Waals surface area contributed by atoms with Crippen molar-refractivity contribution < 1.29 is 4.79 Å². The molecule has 0 radical (unpaired) electrons. The lowest BCUT2D eigenvalue weighted by Crippen LogP contribution is -2.42. The van der Waals surface area contributed by atoms with Gasteiger partial charge < -0.3 is 10.6 Å². The van der Waals surface area contributed by atoms with Crippen LogP contribution in [-0.2, 0) is 6.54 Å². The number of urea groups is 1. The summed E-state index contributed by atoms with van der Waals surface area (Å²) >= 11 is 0. The van der Waals surface area contributed by atoms with Gasteiger partial charge in [-0.05, 0) is 30.2 Å². The molecular formula is C24H23N5O2. The molecule has 7 nitrogen and oxygen atoms in total. The van der Waals surface area contributed by atoms with Crippen LogP contribution in [0.4, 0.5) is 10.5 Å². The van der Waals surface area contributed by atoms with Crippen molar-refractivity contribution in [3.8, 4) is 11.1 Å². The Balaban J connectivity index is 1.49. The van der Waals surface area contributed by atoms with E-state index in [0.717, 1.165) is 11.1 Å². The summed E-state index contributed by atoms with van der Waals surface area (Å²) in [5.74, 6) is 0. The van der Waals surface area contributed by atoms with Gasteiger partial charge in [0.1, 0.15) is 5.52 Å². The molecule has 2 amide bonds. The van der Waals surface area contributed by atoms with Gasteiger partial charge in [0.05, 0.1) is 23.7 Å². The molecule has 1 heterocycles. The molecule has 156 valence electrons. The topological polar surface area (TPSA) is 88.9 Å². The number of benzene rings is 3. The Labute approximate surface area is 179 Å². The van der Waals surface area contributed by atoms with Gasteiger partial charge in [0.25, 0.3) is 5.56 Å². The maximum Gasteiger partial charge on any atom is 0.319 e. The third kappa shape index (κ3) is 4.61. The third-order valence-electron chi connectivity index (χ3n) is 5.11. The Hall–Kier alpha value is -4.00. The zero-order valence-corrected chi connectivity index (χ0v) is 17.2. The lowest BCUT2D eigenvalue weighted by molar-refractivity contribution is 0.245. The van der Waals surface area contributed by atoms with Crippen molar-refractivity contribution in [2.45, 2.75) is 25.9 Å². The van der Waals surface area contributed by atoms with E-state index in [4.69, 9.17) is 0 Å². The first-order valence-electron chi connectivity index (χ1n) is 10.2. The minimum absolute atomic E-state index is 0.222. The highest BCUT2D eigenvalue weighted by molar-refractivity contribution is 5.94. The molecule has 31 heavy (non-hydrogen) atoms. The van der Waals surface area contributed by atoms with Crippen molar-refractivity contribution in [3.63, 3.8) is 0 Å². The fraction of sp³-hybridized carbons (Fsp3) is 0.167. The zero-order valence-electron chi connectivity index (χ0n) is 17.2. The van der Waals surface area contributed by atoms with Gasteiger partial charge in [0, 0.05) is 5.56 Å². The van der Waals surface area contributed by atoms with Crippen LogP contribution < -0.4 is 16.2 Å². The van der Waals surface area contributed by atoms with Crippen LogP contribution in [0.15, 0.2) is 83.7 Å². The van der Waals surface area contributed by atoms with E-state index in [-0.39, 0.29) is 24.2 Å². The van der Waals surface area contributed by atoms with Crippen LogP contribution in [0.2, 0.25) is 0 Å². The predicted molar refractivity (Wildman–Crippen MR) is 122 cm³/mol. The second-order valence-electron chi connectivity index (χ2n) is 7.21. The Morgan fingerprint density at radius 2 is 1.68 bits per heavy atom. The minimum Gasteiger partial charge on any atom is -0.333 e.